The lowest BCUT2D eigenvalue weighted by Crippen LogP contribution is -2.33. The summed E-state index contributed by atoms with van der Waals surface area (Å²) in [6.45, 7) is 8.00. The van der Waals surface area contributed by atoms with Gasteiger partial charge >= 0.3 is 0 Å². The van der Waals surface area contributed by atoms with Crippen LogP contribution in [-0.2, 0) is 11.3 Å². The van der Waals surface area contributed by atoms with Gasteiger partial charge in [0.15, 0.2) is 0 Å². The summed E-state index contributed by atoms with van der Waals surface area (Å²) in [6.07, 6.45) is 4.27. The van der Waals surface area contributed by atoms with Gasteiger partial charge in [0.2, 0.25) is 0 Å². The highest BCUT2D eigenvalue weighted by molar-refractivity contribution is 5.09. The van der Waals surface area contributed by atoms with Gasteiger partial charge in [0.05, 0.1) is 17.8 Å². The van der Waals surface area contributed by atoms with Gasteiger partial charge in [0.25, 0.3) is 0 Å². The summed E-state index contributed by atoms with van der Waals surface area (Å²) >= 11 is 0. The Morgan fingerprint density at radius 2 is 2.18 bits per heavy atom. The van der Waals surface area contributed by atoms with Gasteiger partial charge in [-0.2, -0.15) is 5.10 Å². The number of nitrogens with one attached hydrogen (secondary N) is 1. The largest absolute Gasteiger partial charge is 0.376 e. The van der Waals surface area contributed by atoms with Crippen LogP contribution >= 0.6 is 0 Å². The van der Waals surface area contributed by atoms with Gasteiger partial charge in [-0.3, -0.25) is 4.68 Å². The van der Waals surface area contributed by atoms with Crippen molar-refractivity contribution in [1.82, 2.24) is 15.1 Å². The van der Waals surface area contributed by atoms with Crippen molar-refractivity contribution in [3.05, 3.63) is 18.0 Å². The molecular weight excluding hydrogens is 214 g/mol. The van der Waals surface area contributed by atoms with E-state index in [1.54, 1.807) is 0 Å². The molecule has 0 aromatic carbocycles. The predicted octanol–water partition coefficient (Wildman–Crippen LogP) is 2.37. The molecule has 0 aliphatic heterocycles. The molecule has 0 aliphatic rings. The minimum Gasteiger partial charge on any atom is -0.376 e. The topological polar surface area (TPSA) is 39.1 Å². The smallest absolute Gasteiger partial charge is 0.0784 e. The zero-order chi connectivity index (χ0) is 12.7. The second-order valence-electron chi connectivity index (χ2n) is 4.12. The maximum absolute atomic E-state index is 5.86. The lowest BCUT2D eigenvalue weighted by atomic mass is 10.0. The number of likely N-dealkylation sites (N-methyl/N-ethyl adjacent to an activating group) is 1. The number of ether oxygens (including phenoxy) is 1. The Balaban J connectivity index is 2.87. The van der Waals surface area contributed by atoms with Crippen LogP contribution < -0.4 is 5.32 Å². The van der Waals surface area contributed by atoms with Crippen molar-refractivity contribution in [3.63, 3.8) is 0 Å². The third-order valence-corrected chi connectivity index (χ3v) is 3.00. The Kier molecular flexibility index (Phi) is 6.22. The van der Waals surface area contributed by atoms with Crippen molar-refractivity contribution in [2.45, 2.75) is 52.3 Å². The molecule has 1 aromatic heterocycles. The third kappa shape index (κ3) is 3.54. The first-order valence-corrected chi connectivity index (χ1v) is 6.58. The Hall–Kier alpha value is -0.870. The summed E-state index contributed by atoms with van der Waals surface area (Å²) in [7, 11) is 1.99. The lowest BCUT2D eigenvalue weighted by Gasteiger charge is -2.27. The highest BCUT2D eigenvalue weighted by Gasteiger charge is 2.24. The molecule has 1 N–H and O–H groups in total. The second kappa shape index (κ2) is 7.45. The van der Waals surface area contributed by atoms with Crippen LogP contribution in [0.25, 0.3) is 0 Å². The number of nitrogens with zero attached hydrogens (tertiary/aromatic N) is 2. The van der Waals surface area contributed by atoms with Crippen LogP contribution in [0.1, 0.15) is 45.3 Å². The van der Waals surface area contributed by atoms with E-state index >= 15 is 0 Å². The van der Waals surface area contributed by atoms with Crippen LogP contribution in [0.4, 0.5) is 0 Å². The first-order valence-electron chi connectivity index (χ1n) is 6.58. The van der Waals surface area contributed by atoms with Gasteiger partial charge in [-0.15, -0.1) is 0 Å². The van der Waals surface area contributed by atoms with Gasteiger partial charge < -0.3 is 10.1 Å². The fourth-order valence-electron chi connectivity index (χ4n) is 2.24. The first-order chi connectivity index (χ1) is 8.28. The van der Waals surface area contributed by atoms with Gasteiger partial charge in [0, 0.05) is 19.3 Å². The van der Waals surface area contributed by atoms with Crippen molar-refractivity contribution in [2.24, 2.45) is 0 Å². The summed E-state index contributed by atoms with van der Waals surface area (Å²) in [5.74, 6) is 0. The van der Waals surface area contributed by atoms with Gasteiger partial charge in [-0.1, -0.05) is 13.3 Å². The molecule has 0 radical (unpaired) electrons. The summed E-state index contributed by atoms with van der Waals surface area (Å²) in [6, 6.07) is 2.30. The zero-order valence-corrected chi connectivity index (χ0v) is 11.4. The molecule has 0 spiro atoms. The molecule has 4 heteroatoms. The molecule has 17 heavy (non-hydrogen) atoms. The summed E-state index contributed by atoms with van der Waals surface area (Å²) in [4.78, 5) is 0. The monoisotopic (exact) mass is 239 g/mol. The number of aromatic nitrogens is 2. The molecule has 0 amide bonds. The molecule has 98 valence electrons. The van der Waals surface area contributed by atoms with Gasteiger partial charge in [-0.05, 0) is 33.4 Å². The Labute approximate surface area is 104 Å². The van der Waals surface area contributed by atoms with Crippen LogP contribution in [0.15, 0.2) is 12.3 Å². The SMILES string of the molecule is CCCC(OCC)C(NC)c1ccnn1CC. The normalized spacial score (nSPS) is 14.8. The molecule has 1 aromatic rings. The highest BCUT2D eigenvalue weighted by atomic mass is 16.5. The minimum atomic E-state index is 0.219. The van der Waals surface area contributed by atoms with Crippen molar-refractivity contribution in [1.29, 1.82) is 0 Å². The maximum Gasteiger partial charge on any atom is 0.0784 e. The Morgan fingerprint density at radius 3 is 2.71 bits per heavy atom. The molecule has 2 unspecified atom stereocenters. The number of rotatable bonds is 8. The predicted molar refractivity (Wildman–Crippen MR) is 70.0 cm³/mol. The van der Waals surface area contributed by atoms with E-state index in [1.807, 2.05) is 24.9 Å². The van der Waals surface area contributed by atoms with Crippen molar-refractivity contribution >= 4 is 0 Å². The Bertz CT molecular complexity index is 305. The summed E-state index contributed by atoms with van der Waals surface area (Å²) in [5.41, 5.74) is 1.21. The average molecular weight is 239 g/mol. The van der Waals surface area contributed by atoms with E-state index in [0.717, 1.165) is 26.0 Å². The fraction of sp³-hybridized carbons (Fsp3) is 0.769. The van der Waals surface area contributed by atoms with Crippen LogP contribution in [0.2, 0.25) is 0 Å². The molecule has 1 rings (SSSR count). The van der Waals surface area contributed by atoms with Crippen molar-refractivity contribution < 1.29 is 4.74 Å². The molecule has 1 heterocycles. The number of aryl methyl sites for hydroxylation is 1. The summed E-state index contributed by atoms with van der Waals surface area (Å²) in [5, 5.41) is 7.69. The van der Waals surface area contributed by atoms with E-state index in [0.29, 0.717) is 0 Å². The molecule has 0 bridgehead atoms. The minimum absolute atomic E-state index is 0.219. The van der Waals surface area contributed by atoms with E-state index in [1.165, 1.54) is 5.69 Å². The van der Waals surface area contributed by atoms with Gasteiger partial charge in [-0.25, -0.2) is 0 Å². The lowest BCUT2D eigenvalue weighted by molar-refractivity contribution is 0.0274. The van der Waals surface area contributed by atoms with Crippen LogP contribution in [0.5, 0.6) is 0 Å². The molecule has 0 aliphatic carbocycles. The summed E-state index contributed by atoms with van der Waals surface area (Å²) < 4.78 is 7.89. The molecule has 0 saturated carbocycles. The van der Waals surface area contributed by atoms with Crippen LogP contribution in [-0.4, -0.2) is 29.5 Å². The second-order valence-corrected chi connectivity index (χ2v) is 4.12. The zero-order valence-electron chi connectivity index (χ0n) is 11.4. The highest BCUT2D eigenvalue weighted by Crippen LogP contribution is 2.22. The van der Waals surface area contributed by atoms with Crippen LogP contribution in [0.3, 0.4) is 0 Å². The van der Waals surface area contributed by atoms with Crippen LogP contribution in [0, 0.1) is 0 Å². The third-order valence-electron chi connectivity index (χ3n) is 3.00. The van der Waals surface area contributed by atoms with Crippen molar-refractivity contribution in [3.8, 4) is 0 Å². The quantitative estimate of drug-likeness (QED) is 0.757. The molecular formula is C13H25N3O. The van der Waals surface area contributed by atoms with Crippen molar-refractivity contribution in [2.75, 3.05) is 13.7 Å². The van der Waals surface area contributed by atoms with E-state index < -0.39 is 0 Å². The van der Waals surface area contributed by atoms with E-state index in [-0.39, 0.29) is 12.1 Å². The molecule has 2 atom stereocenters. The fourth-order valence-corrected chi connectivity index (χ4v) is 2.24. The van der Waals surface area contributed by atoms with E-state index in [9.17, 15) is 0 Å². The maximum atomic E-state index is 5.86. The van der Waals surface area contributed by atoms with E-state index in [2.05, 4.69) is 30.3 Å². The number of hydrogen-bond acceptors (Lipinski definition) is 3. The van der Waals surface area contributed by atoms with Gasteiger partial charge in [0.1, 0.15) is 0 Å². The molecule has 0 saturated heterocycles. The molecule has 4 nitrogen and oxygen atoms in total. The number of hydrogen-bond donors (Lipinski definition) is 1. The molecule has 0 fully saturated rings. The Morgan fingerprint density at radius 1 is 1.41 bits per heavy atom. The standard InChI is InChI=1S/C13H25N3O/c1-5-8-12(17-7-3)13(14-4)11-9-10-15-16(11)6-2/h9-10,12-14H,5-8H2,1-4H3. The first kappa shape index (κ1) is 14.2. The van der Waals surface area contributed by atoms with E-state index in [4.69, 9.17) is 4.74 Å². The average Bonchev–Trinajstić information content (AvgIpc) is 2.79.